The molecule has 0 amide bonds. The van der Waals surface area contributed by atoms with Crippen LogP contribution in [0.2, 0.25) is 5.02 Å². The quantitative estimate of drug-likeness (QED) is 0.814. The molecule has 0 fully saturated rings. The van der Waals surface area contributed by atoms with Crippen molar-refractivity contribution in [2.45, 2.75) is 0 Å². The van der Waals surface area contributed by atoms with Gasteiger partial charge in [0.15, 0.2) is 0 Å². The number of carboxylic acids is 1. The van der Waals surface area contributed by atoms with Gasteiger partial charge in [-0.05, 0) is 12.1 Å². The molecule has 0 aliphatic rings. The second kappa shape index (κ2) is 3.70. The van der Waals surface area contributed by atoms with E-state index >= 15 is 0 Å². The predicted octanol–water partition coefficient (Wildman–Crippen LogP) is 1.82. The van der Waals surface area contributed by atoms with Crippen molar-refractivity contribution in [3.8, 4) is 11.3 Å². The largest absolute Gasteiger partial charge is 0.477 e. The van der Waals surface area contributed by atoms with E-state index in [-0.39, 0.29) is 5.69 Å². The normalized spacial score (nSPS) is 10.2. The Morgan fingerprint density at radius 3 is 2.93 bits per heavy atom. The van der Waals surface area contributed by atoms with Gasteiger partial charge >= 0.3 is 5.97 Å². The molecule has 2 N–H and O–H groups in total. The summed E-state index contributed by atoms with van der Waals surface area (Å²) in [6.07, 6.45) is 3.04. The van der Waals surface area contributed by atoms with Crippen LogP contribution >= 0.6 is 11.6 Å². The second-order valence-electron chi connectivity index (χ2n) is 2.83. The molecule has 0 unspecified atom stereocenters. The Hall–Kier alpha value is -1.88. The summed E-state index contributed by atoms with van der Waals surface area (Å²) in [5, 5.41) is 15.4. The maximum Gasteiger partial charge on any atom is 0.353 e. The van der Waals surface area contributed by atoms with Crippen LogP contribution in [0, 0.1) is 0 Å². The smallest absolute Gasteiger partial charge is 0.353 e. The monoisotopic (exact) mass is 223 g/mol. The van der Waals surface area contributed by atoms with Crippen molar-refractivity contribution in [3.63, 3.8) is 0 Å². The van der Waals surface area contributed by atoms with E-state index in [1.807, 2.05) is 0 Å². The molecule has 6 heteroatoms. The number of nitrogens with one attached hydrogen (secondary N) is 1. The molecule has 2 aromatic heterocycles. The molecule has 0 aliphatic carbocycles. The molecule has 2 heterocycles. The number of carboxylic acid groups (broad SMARTS) is 1. The topological polar surface area (TPSA) is 78.9 Å². The minimum atomic E-state index is -1.06. The summed E-state index contributed by atoms with van der Waals surface area (Å²) >= 11 is 5.88. The van der Waals surface area contributed by atoms with E-state index in [0.29, 0.717) is 16.3 Å². The average molecular weight is 224 g/mol. The lowest BCUT2D eigenvalue weighted by molar-refractivity contribution is 0.0690. The number of pyridine rings is 1. The third kappa shape index (κ3) is 1.82. The first kappa shape index (κ1) is 9.67. The summed E-state index contributed by atoms with van der Waals surface area (Å²) < 4.78 is 0. The molecule has 0 aromatic carbocycles. The standard InChI is InChI=1S/C9H6ClN3O2/c10-6-4-11-2-1-5(6)7-3-8(9(14)15)13-12-7/h1-4H,(H,12,13)(H,14,15). The van der Waals surface area contributed by atoms with Crippen LogP contribution in [0.25, 0.3) is 11.3 Å². The summed E-state index contributed by atoms with van der Waals surface area (Å²) in [4.78, 5) is 14.4. The second-order valence-corrected chi connectivity index (χ2v) is 3.23. The van der Waals surface area contributed by atoms with E-state index in [0.717, 1.165) is 0 Å². The van der Waals surface area contributed by atoms with Crippen molar-refractivity contribution in [1.29, 1.82) is 0 Å². The van der Waals surface area contributed by atoms with Gasteiger partial charge in [-0.25, -0.2) is 4.79 Å². The third-order valence-corrected chi connectivity index (χ3v) is 2.16. The fourth-order valence-corrected chi connectivity index (χ4v) is 1.37. The number of aromatic nitrogens is 3. The molecule has 0 saturated carbocycles. The SMILES string of the molecule is O=C(O)c1cc(-c2ccncc2Cl)n[nH]1. The number of carbonyl (C=O) groups is 1. The summed E-state index contributed by atoms with van der Waals surface area (Å²) in [7, 11) is 0. The summed E-state index contributed by atoms with van der Waals surface area (Å²) in [6, 6.07) is 3.09. The minimum absolute atomic E-state index is 0.0258. The van der Waals surface area contributed by atoms with E-state index in [9.17, 15) is 4.79 Å². The Kier molecular flexibility index (Phi) is 2.39. The van der Waals surface area contributed by atoms with Gasteiger partial charge < -0.3 is 5.11 Å². The van der Waals surface area contributed by atoms with Gasteiger partial charge in [0.1, 0.15) is 5.69 Å². The zero-order valence-corrected chi connectivity index (χ0v) is 8.19. The van der Waals surface area contributed by atoms with Gasteiger partial charge in [-0.15, -0.1) is 0 Å². The van der Waals surface area contributed by atoms with Crippen molar-refractivity contribution >= 4 is 17.6 Å². The average Bonchev–Trinajstić information content (AvgIpc) is 2.67. The van der Waals surface area contributed by atoms with Crippen LogP contribution in [0.3, 0.4) is 0 Å². The molecule has 0 aliphatic heterocycles. The molecular weight excluding hydrogens is 218 g/mol. The lowest BCUT2D eigenvalue weighted by Gasteiger charge is -1.96. The van der Waals surface area contributed by atoms with E-state index in [4.69, 9.17) is 16.7 Å². The van der Waals surface area contributed by atoms with E-state index < -0.39 is 5.97 Å². The van der Waals surface area contributed by atoms with Gasteiger partial charge in [-0.2, -0.15) is 5.10 Å². The number of hydrogen-bond acceptors (Lipinski definition) is 3. The van der Waals surface area contributed by atoms with Crippen molar-refractivity contribution in [1.82, 2.24) is 15.2 Å². The first-order chi connectivity index (χ1) is 7.18. The molecule has 15 heavy (non-hydrogen) atoms. The van der Waals surface area contributed by atoms with Gasteiger partial charge in [0.05, 0.1) is 10.7 Å². The van der Waals surface area contributed by atoms with E-state index in [2.05, 4.69) is 15.2 Å². The Morgan fingerprint density at radius 2 is 2.33 bits per heavy atom. The van der Waals surface area contributed by atoms with E-state index in [1.54, 1.807) is 12.3 Å². The molecule has 0 bridgehead atoms. The summed E-state index contributed by atoms with van der Waals surface area (Å²) in [5.74, 6) is -1.06. The number of rotatable bonds is 2. The van der Waals surface area contributed by atoms with Crippen LogP contribution in [0.15, 0.2) is 24.5 Å². The molecule has 0 radical (unpaired) electrons. The highest BCUT2D eigenvalue weighted by Gasteiger charge is 2.11. The third-order valence-electron chi connectivity index (χ3n) is 1.86. The van der Waals surface area contributed by atoms with Gasteiger partial charge in [0, 0.05) is 18.0 Å². The number of halogens is 1. The fraction of sp³-hybridized carbons (Fsp3) is 0. The first-order valence-electron chi connectivity index (χ1n) is 4.07. The van der Waals surface area contributed by atoms with Crippen molar-refractivity contribution < 1.29 is 9.90 Å². The Morgan fingerprint density at radius 1 is 1.53 bits per heavy atom. The molecule has 2 rings (SSSR count). The van der Waals surface area contributed by atoms with E-state index in [1.165, 1.54) is 12.3 Å². The predicted molar refractivity (Wildman–Crippen MR) is 53.8 cm³/mol. The van der Waals surface area contributed by atoms with Crippen LogP contribution < -0.4 is 0 Å². The first-order valence-corrected chi connectivity index (χ1v) is 4.45. The van der Waals surface area contributed by atoms with Crippen molar-refractivity contribution in [2.75, 3.05) is 0 Å². The Balaban J connectivity index is 2.46. The fourth-order valence-electron chi connectivity index (χ4n) is 1.15. The lowest BCUT2D eigenvalue weighted by atomic mass is 10.2. The zero-order chi connectivity index (χ0) is 10.8. The Labute approximate surface area is 89.7 Å². The van der Waals surface area contributed by atoms with Crippen LogP contribution in [0.4, 0.5) is 0 Å². The molecule has 0 saturated heterocycles. The van der Waals surface area contributed by atoms with Crippen LogP contribution in [-0.4, -0.2) is 26.3 Å². The number of aromatic amines is 1. The van der Waals surface area contributed by atoms with Gasteiger partial charge in [-0.3, -0.25) is 10.1 Å². The maximum atomic E-state index is 10.6. The summed E-state index contributed by atoms with van der Waals surface area (Å²) in [6.45, 7) is 0. The van der Waals surface area contributed by atoms with Crippen molar-refractivity contribution in [3.05, 3.63) is 35.2 Å². The number of hydrogen-bond donors (Lipinski definition) is 2. The highest BCUT2D eigenvalue weighted by atomic mass is 35.5. The summed E-state index contributed by atoms with van der Waals surface area (Å²) in [5.41, 5.74) is 1.16. The maximum absolute atomic E-state index is 10.6. The van der Waals surface area contributed by atoms with Crippen LogP contribution in [0.5, 0.6) is 0 Å². The Bertz CT molecular complexity index is 510. The van der Waals surface area contributed by atoms with Gasteiger partial charge in [0.2, 0.25) is 0 Å². The van der Waals surface area contributed by atoms with Gasteiger partial charge in [-0.1, -0.05) is 11.6 Å². The number of aromatic carboxylic acids is 1. The highest BCUT2D eigenvalue weighted by molar-refractivity contribution is 6.33. The van der Waals surface area contributed by atoms with Gasteiger partial charge in [0.25, 0.3) is 0 Å². The number of H-pyrrole nitrogens is 1. The molecule has 0 atom stereocenters. The number of nitrogens with zero attached hydrogens (tertiary/aromatic N) is 2. The lowest BCUT2D eigenvalue weighted by Crippen LogP contribution is -1.95. The minimum Gasteiger partial charge on any atom is -0.477 e. The van der Waals surface area contributed by atoms with Crippen LogP contribution in [0.1, 0.15) is 10.5 Å². The van der Waals surface area contributed by atoms with Crippen LogP contribution in [-0.2, 0) is 0 Å². The molecule has 76 valence electrons. The zero-order valence-electron chi connectivity index (χ0n) is 7.44. The molecule has 5 nitrogen and oxygen atoms in total. The van der Waals surface area contributed by atoms with Crippen molar-refractivity contribution in [2.24, 2.45) is 0 Å². The highest BCUT2D eigenvalue weighted by Crippen LogP contribution is 2.25. The molecule has 0 spiro atoms. The molecular formula is C9H6ClN3O2. The molecule has 2 aromatic rings.